The molecule has 0 spiro atoms. The lowest BCUT2D eigenvalue weighted by atomic mass is 10.0. The summed E-state index contributed by atoms with van der Waals surface area (Å²) in [6.07, 6.45) is 3.78. The van der Waals surface area contributed by atoms with Gasteiger partial charge in [-0.1, -0.05) is 12.2 Å². The average Bonchev–Trinajstić information content (AvgIpc) is 2.39. The lowest BCUT2D eigenvalue weighted by molar-refractivity contribution is 0.226. The van der Waals surface area contributed by atoms with E-state index < -0.39 is 0 Å². The molecule has 0 fully saturated rings. The van der Waals surface area contributed by atoms with Crippen LogP contribution in [-0.4, -0.2) is 25.4 Å². The van der Waals surface area contributed by atoms with Gasteiger partial charge in [-0.25, -0.2) is 0 Å². The summed E-state index contributed by atoms with van der Waals surface area (Å²) in [5.74, 6) is 1.81. The van der Waals surface area contributed by atoms with Gasteiger partial charge >= 0.3 is 0 Å². The normalized spacial score (nSPS) is 11.1. The number of allylic oxidation sites excluding steroid dienone is 1. The first kappa shape index (κ1) is 15.4. The van der Waals surface area contributed by atoms with Crippen LogP contribution in [0.25, 0.3) is 6.08 Å². The lowest BCUT2D eigenvalue weighted by Gasteiger charge is -2.20. The van der Waals surface area contributed by atoms with Crippen molar-refractivity contribution in [3.8, 4) is 17.2 Å². The monoisotopic (exact) mass is 266 g/mol. The Morgan fingerprint density at radius 3 is 2.26 bits per heavy atom. The SMILES string of the molecule is C/C=C/c1c(CO)c(OC)cc(OC)c1OC(C)C. The van der Waals surface area contributed by atoms with Crippen molar-refractivity contribution >= 4 is 6.08 Å². The largest absolute Gasteiger partial charge is 0.496 e. The minimum absolute atomic E-state index is 0.0119. The fraction of sp³-hybridized carbons (Fsp3) is 0.467. The summed E-state index contributed by atoms with van der Waals surface area (Å²) in [6, 6.07) is 1.73. The maximum absolute atomic E-state index is 9.57. The van der Waals surface area contributed by atoms with Gasteiger partial charge in [0.25, 0.3) is 0 Å². The third-order valence-electron chi connectivity index (χ3n) is 2.64. The molecule has 0 unspecified atom stereocenters. The Kier molecular flexibility index (Phi) is 5.70. The highest BCUT2D eigenvalue weighted by Crippen LogP contribution is 2.41. The van der Waals surface area contributed by atoms with Gasteiger partial charge in [0.2, 0.25) is 0 Å². The Bertz CT molecular complexity index is 450. The molecule has 1 aromatic carbocycles. The number of methoxy groups -OCH3 is 2. The van der Waals surface area contributed by atoms with Gasteiger partial charge in [-0.15, -0.1) is 0 Å². The fourth-order valence-corrected chi connectivity index (χ4v) is 1.87. The molecule has 0 aliphatic carbocycles. The van der Waals surface area contributed by atoms with Crippen molar-refractivity contribution in [3.63, 3.8) is 0 Å². The van der Waals surface area contributed by atoms with E-state index in [9.17, 15) is 5.11 Å². The second kappa shape index (κ2) is 7.04. The highest BCUT2D eigenvalue weighted by atomic mass is 16.5. The molecular formula is C15H22O4. The second-order valence-electron chi connectivity index (χ2n) is 4.33. The standard InChI is InChI=1S/C15H22O4/c1-6-7-11-12(9-16)13(17-4)8-14(18-5)15(11)19-10(2)3/h6-8,10,16H,9H2,1-5H3/b7-6+. The molecule has 0 saturated carbocycles. The lowest BCUT2D eigenvalue weighted by Crippen LogP contribution is -2.10. The maximum atomic E-state index is 9.57. The molecule has 0 amide bonds. The van der Waals surface area contributed by atoms with Crippen LogP contribution in [0.15, 0.2) is 12.1 Å². The number of hydrogen-bond donors (Lipinski definition) is 1. The minimum atomic E-state index is -0.124. The fourth-order valence-electron chi connectivity index (χ4n) is 1.87. The van der Waals surface area contributed by atoms with Gasteiger partial charge in [0.1, 0.15) is 5.75 Å². The Labute approximate surface area is 114 Å². The Balaban J connectivity index is 3.55. The van der Waals surface area contributed by atoms with E-state index in [0.29, 0.717) is 22.8 Å². The van der Waals surface area contributed by atoms with Crippen molar-refractivity contribution in [2.45, 2.75) is 33.5 Å². The van der Waals surface area contributed by atoms with Gasteiger partial charge in [0, 0.05) is 17.2 Å². The van der Waals surface area contributed by atoms with E-state index in [1.54, 1.807) is 20.3 Å². The third-order valence-corrected chi connectivity index (χ3v) is 2.64. The van der Waals surface area contributed by atoms with Crippen LogP contribution in [0.4, 0.5) is 0 Å². The van der Waals surface area contributed by atoms with Crippen LogP contribution in [-0.2, 0) is 6.61 Å². The first-order chi connectivity index (χ1) is 9.08. The van der Waals surface area contributed by atoms with Crippen molar-refractivity contribution in [2.75, 3.05) is 14.2 Å². The maximum Gasteiger partial charge on any atom is 0.169 e. The molecule has 19 heavy (non-hydrogen) atoms. The Hall–Kier alpha value is -1.68. The van der Waals surface area contributed by atoms with Crippen molar-refractivity contribution in [2.24, 2.45) is 0 Å². The molecule has 0 aromatic heterocycles. The van der Waals surface area contributed by atoms with Gasteiger partial charge < -0.3 is 19.3 Å². The van der Waals surface area contributed by atoms with Crippen LogP contribution in [0.2, 0.25) is 0 Å². The molecular weight excluding hydrogens is 244 g/mol. The van der Waals surface area contributed by atoms with Crippen LogP contribution in [0.3, 0.4) is 0 Å². The van der Waals surface area contributed by atoms with Gasteiger partial charge in [0.15, 0.2) is 11.5 Å². The molecule has 1 N–H and O–H groups in total. The van der Waals surface area contributed by atoms with Gasteiger partial charge in [-0.05, 0) is 20.8 Å². The van der Waals surface area contributed by atoms with Crippen molar-refractivity contribution in [1.29, 1.82) is 0 Å². The van der Waals surface area contributed by atoms with Gasteiger partial charge in [-0.2, -0.15) is 0 Å². The number of rotatable bonds is 6. The van der Waals surface area contributed by atoms with Crippen LogP contribution >= 0.6 is 0 Å². The average molecular weight is 266 g/mol. The van der Waals surface area contributed by atoms with Crippen molar-refractivity contribution < 1.29 is 19.3 Å². The summed E-state index contributed by atoms with van der Waals surface area (Å²) < 4.78 is 16.5. The molecule has 1 rings (SSSR count). The number of aliphatic hydroxyl groups is 1. The summed E-state index contributed by atoms with van der Waals surface area (Å²) in [5.41, 5.74) is 1.48. The number of aliphatic hydroxyl groups excluding tert-OH is 1. The van der Waals surface area contributed by atoms with E-state index in [1.165, 1.54) is 0 Å². The van der Waals surface area contributed by atoms with E-state index in [1.807, 2.05) is 32.9 Å². The quantitative estimate of drug-likeness (QED) is 0.859. The highest BCUT2D eigenvalue weighted by molar-refractivity contribution is 5.69. The molecule has 0 aliphatic rings. The molecule has 106 valence electrons. The first-order valence-corrected chi connectivity index (χ1v) is 6.27. The molecule has 0 saturated heterocycles. The summed E-state index contributed by atoms with van der Waals surface area (Å²) in [4.78, 5) is 0. The van der Waals surface area contributed by atoms with Crippen molar-refractivity contribution in [1.82, 2.24) is 0 Å². The molecule has 0 radical (unpaired) electrons. The third kappa shape index (κ3) is 3.41. The summed E-state index contributed by atoms with van der Waals surface area (Å²) in [5, 5.41) is 9.57. The zero-order chi connectivity index (χ0) is 14.4. The predicted molar refractivity (Wildman–Crippen MR) is 75.9 cm³/mol. The van der Waals surface area contributed by atoms with E-state index in [4.69, 9.17) is 14.2 Å². The zero-order valence-electron chi connectivity index (χ0n) is 12.2. The van der Waals surface area contributed by atoms with Crippen LogP contribution in [0, 0.1) is 0 Å². The van der Waals surface area contributed by atoms with E-state index in [-0.39, 0.29) is 12.7 Å². The molecule has 0 aliphatic heterocycles. The topological polar surface area (TPSA) is 47.9 Å². The number of hydrogen-bond acceptors (Lipinski definition) is 4. The molecule has 4 heteroatoms. The predicted octanol–water partition coefficient (Wildman–Crippen LogP) is 3.02. The second-order valence-corrected chi connectivity index (χ2v) is 4.33. The Morgan fingerprint density at radius 2 is 1.84 bits per heavy atom. The summed E-state index contributed by atoms with van der Waals surface area (Å²) in [6.45, 7) is 5.68. The molecule has 0 atom stereocenters. The zero-order valence-corrected chi connectivity index (χ0v) is 12.2. The highest BCUT2D eigenvalue weighted by Gasteiger charge is 2.19. The van der Waals surface area contributed by atoms with Crippen LogP contribution in [0.1, 0.15) is 31.9 Å². The first-order valence-electron chi connectivity index (χ1n) is 6.27. The van der Waals surface area contributed by atoms with Crippen LogP contribution < -0.4 is 14.2 Å². The molecule has 0 heterocycles. The smallest absolute Gasteiger partial charge is 0.169 e. The van der Waals surface area contributed by atoms with E-state index >= 15 is 0 Å². The van der Waals surface area contributed by atoms with Crippen molar-refractivity contribution in [3.05, 3.63) is 23.3 Å². The Morgan fingerprint density at radius 1 is 1.21 bits per heavy atom. The number of benzene rings is 1. The minimum Gasteiger partial charge on any atom is -0.496 e. The number of ether oxygens (including phenoxy) is 3. The molecule has 0 bridgehead atoms. The van der Waals surface area contributed by atoms with Gasteiger partial charge in [0.05, 0.1) is 26.9 Å². The van der Waals surface area contributed by atoms with E-state index in [0.717, 1.165) is 5.56 Å². The molecule has 1 aromatic rings. The van der Waals surface area contributed by atoms with Crippen LogP contribution in [0.5, 0.6) is 17.2 Å². The summed E-state index contributed by atoms with van der Waals surface area (Å²) >= 11 is 0. The van der Waals surface area contributed by atoms with E-state index in [2.05, 4.69) is 0 Å². The summed E-state index contributed by atoms with van der Waals surface area (Å²) in [7, 11) is 3.15. The molecule has 4 nitrogen and oxygen atoms in total. The van der Waals surface area contributed by atoms with Gasteiger partial charge in [-0.3, -0.25) is 0 Å².